The lowest BCUT2D eigenvalue weighted by Gasteiger charge is -2.24. The van der Waals surface area contributed by atoms with Crippen LogP contribution in [0.4, 0.5) is 5.13 Å². The van der Waals surface area contributed by atoms with Gasteiger partial charge in [0, 0.05) is 5.56 Å². The number of aromatic nitrogens is 1. The third-order valence-electron chi connectivity index (χ3n) is 6.85. The van der Waals surface area contributed by atoms with Gasteiger partial charge in [-0.3, -0.25) is 14.5 Å². The van der Waals surface area contributed by atoms with Crippen LogP contribution in [0.3, 0.4) is 0 Å². The predicted molar refractivity (Wildman–Crippen MR) is 168 cm³/mol. The number of methoxy groups -OCH3 is 1. The molecule has 1 fully saturated rings. The first-order chi connectivity index (χ1) is 21.1. The van der Waals surface area contributed by atoms with E-state index in [1.54, 1.807) is 49.4 Å². The Labute approximate surface area is 260 Å². The lowest BCUT2D eigenvalue weighted by molar-refractivity contribution is -0.132. The minimum Gasteiger partial charge on any atom is -0.507 e. The molecule has 11 heteroatoms. The maximum atomic E-state index is 13.7. The van der Waals surface area contributed by atoms with Gasteiger partial charge in [-0.05, 0) is 68.1 Å². The number of hydrogen-bond acceptors (Lipinski definition) is 10. The Morgan fingerprint density at radius 1 is 1.14 bits per heavy atom. The number of aryl methyl sites for hydroxylation is 1. The zero-order valence-corrected chi connectivity index (χ0v) is 26.2. The molecule has 1 atom stereocenters. The average molecular weight is 621 g/mol. The average Bonchev–Trinajstić information content (AvgIpc) is 3.52. The molecule has 2 aromatic carbocycles. The Morgan fingerprint density at radius 2 is 1.86 bits per heavy atom. The van der Waals surface area contributed by atoms with Crippen LogP contribution in [0.2, 0.25) is 0 Å². The quantitative estimate of drug-likeness (QED) is 0.0776. The molecular formula is C33H36N2O8S. The number of Topliss-reactive ketones (excluding diaryl/α,β-unsaturated/α-hetero) is 1. The largest absolute Gasteiger partial charge is 0.507 e. The highest BCUT2D eigenvalue weighted by Crippen LogP contribution is 2.45. The first kappa shape index (κ1) is 32.3. The van der Waals surface area contributed by atoms with Crippen LogP contribution < -0.4 is 19.1 Å². The standard InChI is InChI=1S/C33H36N2O8S/c1-7-16-43-32(39)30-20(5)34-33(44-30)35-27(22-11-14-24(25(18-22)41-8-2)42-17-15-19(3)4)26(29(37)31(35)38)28(36)21-9-12-23(40-6)13-10-21/h7,9-14,18-19,27,36H,1,8,15-17H2,2-6H3/b28-26+. The van der Waals surface area contributed by atoms with Crippen molar-refractivity contribution in [3.8, 4) is 17.2 Å². The zero-order chi connectivity index (χ0) is 32.0. The van der Waals surface area contributed by atoms with Crippen molar-refractivity contribution in [3.05, 3.63) is 82.4 Å². The summed E-state index contributed by atoms with van der Waals surface area (Å²) in [4.78, 5) is 45.9. The number of thiazole rings is 1. The number of ketones is 1. The first-order valence-corrected chi connectivity index (χ1v) is 15.0. The van der Waals surface area contributed by atoms with Gasteiger partial charge in [0.05, 0.1) is 37.6 Å². The van der Waals surface area contributed by atoms with E-state index in [0.29, 0.717) is 53.2 Å². The van der Waals surface area contributed by atoms with E-state index in [1.807, 2.05) is 6.92 Å². The lowest BCUT2D eigenvalue weighted by atomic mass is 9.95. The molecule has 1 amide bonds. The van der Waals surface area contributed by atoms with Crippen molar-refractivity contribution >= 4 is 39.9 Å². The molecule has 1 saturated heterocycles. The summed E-state index contributed by atoms with van der Waals surface area (Å²) in [5, 5.41) is 11.6. The fraction of sp³-hybridized carbons (Fsp3) is 0.333. The summed E-state index contributed by atoms with van der Waals surface area (Å²) in [5.41, 5.74) is 0.984. The number of carbonyl (C=O) groups excluding carboxylic acids is 3. The minimum absolute atomic E-state index is 0.00365. The van der Waals surface area contributed by atoms with Gasteiger partial charge in [0.15, 0.2) is 16.6 Å². The lowest BCUT2D eigenvalue weighted by Crippen LogP contribution is -2.29. The van der Waals surface area contributed by atoms with Crippen molar-refractivity contribution < 1.29 is 38.4 Å². The molecule has 1 unspecified atom stereocenters. The smallest absolute Gasteiger partial charge is 0.350 e. The molecule has 1 aromatic heterocycles. The Kier molecular flexibility index (Phi) is 10.4. The van der Waals surface area contributed by atoms with Gasteiger partial charge in [-0.15, -0.1) is 0 Å². The summed E-state index contributed by atoms with van der Waals surface area (Å²) in [6.45, 7) is 12.0. The van der Waals surface area contributed by atoms with E-state index < -0.39 is 23.7 Å². The van der Waals surface area contributed by atoms with Crippen molar-refractivity contribution in [2.45, 2.75) is 40.2 Å². The van der Waals surface area contributed by atoms with Gasteiger partial charge >= 0.3 is 11.9 Å². The number of anilines is 1. The van der Waals surface area contributed by atoms with Gasteiger partial charge in [0.2, 0.25) is 0 Å². The van der Waals surface area contributed by atoms with Crippen LogP contribution in [0.1, 0.15) is 59.7 Å². The molecule has 0 spiro atoms. The van der Waals surface area contributed by atoms with E-state index in [2.05, 4.69) is 25.4 Å². The highest BCUT2D eigenvalue weighted by atomic mass is 32.1. The molecule has 1 aliphatic rings. The number of esters is 1. The summed E-state index contributed by atoms with van der Waals surface area (Å²) in [6.07, 6.45) is 2.29. The third-order valence-corrected chi connectivity index (χ3v) is 7.99. The molecule has 3 aromatic rings. The highest BCUT2D eigenvalue weighted by molar-refractivity contribution is 7.17. The maximum absolute atomic E-state index is 13.7. The van der Waals surface area contributed by atoms with Crippen molar-refractivity contribution in [2.24, 2.45) is 5.92 Å². The van der Waals surface area contributed by atoms with Gasteiger partial charge in [-0.25, -0.2) is 9.78 Å². The maximum Gasteiger partial charge on any atom is 0.350 e. The number of rotatable bonds is 13. The van der Waals surface area contributed by atoms with Crippen LogP contribution >= 0.6 is 11.3 Å². The van der Waals surface area contributed by atoms with Crippen molar-refractivity contribution in [1.29, 1.82) is 0 Å². The van der Waals surface area contributed by atoms with E-state index in [-0.39, 0.29) is 27.9 Å². The molecular weight excluding hydrogens is 584 g/mol. The van der Waals surface area contributed by atoms with Crippen molar-refractivity contribution in [1.82, 2.24) is 4.98 Å². The van der Waals surface area contributed by atoms with Gasteiger partial charge in [-0.1, -0.05) is 43.9 Å². The second kappa shape index (κ2) is 14.2. The van der Waals surface area contributed by atoms with Gasteiger partial charge in [0.1, 0.15) is 23.0 Å². The number of aliphatic hydroxyl groups excluding tert-OH is 1. The molecule has 0 radical (unpaired) electrons. The SMILES string of the molecule is C=CCOC(=O)c1sc(N2C(=O)C(=O)/C(=C(/O)c3ccc(OC)cc3)C2c2ccc(OCCC(C)C)c(OCC)c2)nc1C. The van der Waals surface area contributed by atoms with Crippen LogP contribution in [0.5, 0.6) is 17.2 Å². The fourth-order valence-electron chi connectivity index (χ4n) is 4.61. The van der Waals surface area contributed by atoms with Crippen LogP contribution in [0.25, 0.3) is 5.76 Å². The van der Waals surface area contributed by atoms with E-state index in [9.17, 15) is 19.5 Å². The fourth-order valence-corrected chi connectivity index (χ4v) is 5.60. The molecule has 0 aliphatic carbocycles. The zero-order valence-electron chi connectivity index (χ0n) is 25.4. The molecule has 2 heterocycles. The van der Waals surface area contributed by atoms with E-state index >= 15 is 0 Å². The summed E-state index contributed by atoms with van der Waals surface area (Å²) >= 11 is 0.922. The summed E-state index contributed by atoms with van der Waals surface area (Å²) in [5.74, 6) is -0.854. The molecule has 232 valence electrons. The molecule has 10 nitrogen and oxygen atoms in total. The van der Waals surface area contributed by atoms with E-state index in [4.69, 9.17) is 18.9 Å². The molecule has 1 aliphatic heterocycles. The summed E-state index contributed by atoms with van der Waals surface area (Å²) in [6, 6.07) is 10.5. The Morgan fingerprint density at radius 3 is 2.50 bits per heavy atom. The third kappa shape index (κ3) is 6.78. The first-order valence-electron chi connectivity index (χ1n) is 14.2. The number of carbonyl (C=O) groups is 3. The topological polar surface area (TPSA) is 124 Å². The molecule has 4 rings (SSSR count). The number of nitrogens with zero attached hydrogens (tertiary/aromatic N) is 2. The predicted octanol–water partition coefficient (Wildman–Crippen LogP) is 6.25. The Balaban J connectivity index is 1.87. The highest BCUT2D eigenvalue weighted by Gasteiger charge is 2.48. The second-order valence-corrected chi connectivity index (χ2v) is 11.3. The van der Waals surface area contributed by atoms with Crippen molar-refractivity contribution in [3.63, 3.8) is 0 Å². The minimum atomic E-state index is -1.09. The number of benzene rings is 2. The van der Waals surface area contributed by atoms with Crippen LogP contribution in [0.15, 0.2) is 60.7 Å². The Bertz CT molecular complexity index is 1570. The monoisotopic (exact) mass is 620 g/mol. The molecule has 1 N–H and O–H groups in total. The number of aliphatic hydroxyl groups is 1. The number of amides is 1. The van der Waals surface area contributed by atoms with Crippen LogP contribution in [0, 0.1) is 12.8 Å². The van der Waals surface area contributed by atoms with Gasteiger partial charge in [-0.2, -0.15) is 0 Å². The second-order valence-electron chi connectivity index (χ2n) is 10.4. The molecule has 0 saturated carbocycles. The van der Waals surface area contributed by atoms with Gasteiger partial charge < -0.3 is 24.1 Å². The van der Waals surface area contributed by atoms with Crippen molar-refractivity contribution in [2.75, 3.05) is 31.8 Å². The normalized spacial score (nSPS) is 15.9. The number of ether oxygens (including phenoxy) is 4. The van der Waals surface area contributed by atoms with Crippen LogP contribution in [-0.4, -0.2) is 54.7 Å². The summed E-state index contributed by atoms with van der Waals surface area (Å²) < 4.78 is 22.3. The summed E-state index contributed by atoms with van der Waals surface area (Å²) in [7, 11) is 1.52. The van der Waals surface area contributed by atoms with E-state index in [1.165, 1.54) is 18.1 Å². The van der Waals surface area contributed by atoms with Gasteiger partial charge in [0.25, 0.3) is 5.78 Å². The van der Waals surface area contributed by atoms with Crippen LogP contribution in [-0.2, 0) is 14.3 Å². The molecule has 44 heavy (non-hydrogen) atoms. The Hall–Kier alpha value is -4.64. The number of hydrogen-bond donors (Lipinski definition) is 1. The molecule has 0 bridgehead atoms. The van der Waals surface area contributed by atoms with E-state index in [0.717, 1.165) is 17.8 Å².